The van der Waals surface area contributed by atoms with E-state index >= 15 is 0 Å². The number of nitrogens with zero attached hydrogens (tertiary/aromatic N) is 1. The van der Waals surface area contributed by atoms with Gasteiger partial charge in [0.05, 0.1) is 12.2 Å². The predicted molar refractivity (Wildman–Crippen MR) is 64.2 cm³/mol. The molecule has 1 fully saturated rings. The van der Waals surface area contributed by atoms with Crippen LogP contribution in [0.25, 0.3) is 0 Å². The van der Waals surface area contributed by atoms with Crippen LogP contribution in [-0.2, 0) is 4.74 Å². The molecule has 1 N–H and O–H groups in total. The lowest BCUT2D eigenvalue weighted by Gasteiger charge is -2.37. The smallest absolute Gasteiger partial charge is 0.0678 e. The number of likely N-dealkylation sites (N-methyl/N-ethyl adjacent to an activating group) is 1. The van der Waals surface area contributed by atoms with E-state index in [0.29, 0.717) is 18.2 Å². The SMILES string of the molecule is CCCC(CN1C[C@@H](C)O[C@@H](C)C1)NC. The highest BCUT2D eigenvalue weighted by molar-refractivity contribution is 4.77. The van der Waals surface area contributed by atoms with Crippen molar-refractivity contribution in [3.63, 3.8) is 0 Å². The van der Waals surface area contributed by atoms with Crippen molar-refractivity contribution in [2.75, 3.05) is 26.7 Å². The van der Waals surface area contributed by atoms with E-state index in [1.54, 1.807) is 0 Å². The molecule has 1 aliphatic heterocycles. The van der Waals surface area contributed by atoms with Gasteiger partial charge < -0.3 is 10.1 Å². The molecule has 1 heterocycles. The Morgan fingerprint density at radius 2 is 1.93 bits per heavy atom. The molecule has 0 aromatic heterocycles. The highest BCUT2D eigenvalue weighted by atomic mass is 16.5. The topological polar surface area (TPSA) is 24.5 Å². The largest absolute Gasteiger partial charge is 0.373 e. The Morgan fingerprint density at radius 3 is 2.40 bits per heavy atom. The normalized spacial score (nSPS) is 30.4. The fourth-order valence-electron chi connectivity index (χ4n) is 2.42. The maximum absolute atomic E-state index is 5.73. The van der Waals surface area contributed by atoms with Crippen LogP contribution in [0.15, 0.2) is 0 Å². The average molecular weight is 214 g/mol. The van der Waals surface area contributed by atoms with Gasteiger partial charge in [0.1, 0.15) is 0 Å². The first-order chi connectivity index (χ1) is 7.15. The van der Waals surface area contributed by atoms with Crippen LogP contribution in [0.2, 0.25) is 0 Å². The molecule has 1 rings (SSSR count). The summed E-state index contributed by atoms with van der Waals surface area (Å²) in [6.45, 7) is 9.88. The van der Waals surface area contributed by atoms with Gasteiger partial charge in [-0.1, -0.05) is 13.3 Å². The van der Waals surface area contributed by atoms with E-state index in [9.17, 15) is 0 Å². The van der Waals surface area contributed by atoms with Crippen molar-refractivity contribution >= 4 is 0 Å². The molecule has 0 amide bonds. The van der Waals surface area contributed by atoms with Crippen LogP contribution in [0.1, 0.15) is 33.6 Å². The summed E-state index contributed by atoms with van der Waals surface area (Å²) in [5.74, 6) is 0. The molecule has 3 nitrogen and oxygen atoms in total. The van der Waals surface area contributed by atoms with Crippen molar-refractivity contribution in [3.8, 4) is 0 Å². The van der Waals surface area contributed by atoms with E-state index in [-0.39, 0.29) is 0 Å². The van der Waals surface area contributed by atoms with E-state index in [0.717, 1.165) is 19.6 Å². The zero-order valence-electron chi connectivity index (χ0n) is 10.6. The Bertz CT molecular complexity index is 165. The fourth-order valence-corrected chi connectivity index (χ4v) is 2.42. The Morgan fingerprint density at radius 1 is 1.33 bits per heavy atom. The van der Waals surface area contributed by atoms with Gasteiger partial charge in [-0.15, -0.1) is 0 Å². The Balaban J connectivity index is 2.35. The minimum atomic E-state index is 0.382. The lowest BCUT2D eigenvalue weighted by Crippen LogP contribution is -2.50. The van der Waals surface area contributed by atoms with Crippen molar-refractivity contribution in [2.24, 2.45) is 0 Å². The van der Waals surface area contributed by atoms with Gasteiger partial charge in [-0.25, -0.2) is 0 Å². The first-order valence-corrected chi connectivity index (χ1v) is 6.20. The third kappa shape index (κ3) is 4.49. The number of hydrogen-bond donors (Lipinski definition) is 1. The summed E-state index contributed by atoms with van der Waals surface area (Å²) in [6.07, 6.45) is 3.28. The molecular weight excluding hydrogens is 188 g/mol. The van der Waals surface area contributed by atoms with Crippen molar-refractivity contribution in [2.45, 2.75) is 51.9 Å². The van der Waals surface area contributed by atoms with Crippen molar-refractivity contribution < 1.29 is 4.74 Å². The molecule has 0 spiro atoms. The van der Waals surface area contributed by atoms with Crippen molar-refractivity contribution in [1.82, 2.24) is 10.2 Å². The fraction of sp³-hybridized carbons (Fsp3) is 1.00. The van der Waals surface area contributed by atoms with Crippen LogP contribution < -0.4 is 5.32 Å². The van der Waals surface area contributed by atoms with Crippen LogP contribution in [0, 0.1) is 0 Å². The number of rotatable bonds is 5. The lowest BCUT2D eigenvalue weighted by molar-refractivity contribution is -0.0698. The van der Waals surface area contributed by atoms with Gasteiger partial charge in [0.2, 0.25) is 0 Å². The summed E-state index contributed by atoms with van der Waals surface area (Å²) in [7, 11) is 2.06. The van der Waals surface area contributed by atoms with E-state index < -0.39 is 0 Å². The van der Waals surface area contributed by atoms with Gasteiger partial charge in [-0.3, -0.25) is 4.90 Å². The van der Waals surface area contributed by atoms with Crippen LogP contribution in [-0.4, -0.2) is 49.8 Å². The van der Waals surface area contributed by atoms with Gasteiger partial charge in [-0.05, 0) is 27.3 Å². The lowest BCUT2D eigenvalue weighted by atomic mass is 10.1. The summed E-state index contributed by atoms with van der Waals surface area (Å²) in [6, 6.07) is 0.632. The molecule has 1 aliphatic rings. The molecule has 0 radical (unpaired) electrons. The average Bonchev–Trinajstić information content (AvgIpc) is 2.15. The van der Waals surface area contributed by atoms with E-state index in [2.05, 4.69) is 38.0 Å². The number of nitrogens with one attached hydrogen (secondary N) is 1. The van der Waals surface area contributed by atoms with Gasteiger partial charge in [0, 0.05) is 25.7 Å². The van der Waals surface area contributed by atoms with Crippen molar-refractivity contribution in [3.05, 3.63) is 0 Å². The molecule has 3 atom stereocenters. The van der Waals surface area contributed by atoms with Crippen LogP contribution in [0.5, 0.6) is 0 Å². The zero-order chi connectivity index (χ0) is 11.3. The first kappa shape index (κ1) is 12.9. The minimum Gasteiger partial charge on any atom is -0.373 e. The van der Waals surface area contributed by atoms with E-state index in [1.165, 1.54) is 12.8 Å². The van der Waals surface area contributed by atoms with E-state index in [1.807, 2.05) is 0 Å². The second-order valence-electron chi connectivity index (χ2n) is 4.75. The third-order valence-corrected chi connectivity index (χ3v) is 3.02. The highest BCUT2D eigenvalue weighted by Crippen LogP contribution is 2.11. The molecule has 0 aromatic rings. The zero-order valence-corrected chi connectivity index (χ0v) is 10.6. The Hall–Kier alpha value is -0.120. The quantitative estimate of drug-likeness (QED) is 0.750. The van der Waals surface area contributed by atoms with Gasteiger partial charge in [0.25, 0.3) is 0 Å². The number of morpholine rings is 1. The minimum absolute atomic E-state index is 0.382. The predicted octanol–water partition coefficient (Wildman–Crippen LogP) is 1.48. The number of ether oxygens (including phenoxy) is 1. The molecular formula is C12H26N2O. The monoisotopic (exact) mass is 214 g/mol. The second kappa shape index (κ2) is 6.46. The first-order valence-electron chi connectivity index (χ1n) is 6.20. The molecule has 1 saturated heterocycles. The molecule has 15 heavy (non-hydrogen) atoms. The van der Waals surface area contributed by atoms with Gasteiger partial charge in [-0.2, -0.15) is 0 Å². The van der Waals surface area contributed by atoms with Crippen LogP contribution >= 0.6 is 0 Å². The van der Waals surface area contributed by atoms with E-state index in [4.69, 9.17) is 4.74 Å². The van der Waals surface area contributed by atoms with Crippen LogP contribution in [0.3, 0.4) is 0 Å². The van der Waals surface area contributed by atoms with Crippen molar-refractivity contribution in [1.29, 1.82) is 0 Å². The molecule has 0 aromatic carbocycles. The summed E-state index contributed by atoms with van der Waals surface area (Å²) >= 11 is 0. The maximum atomic E-state index is 5.73. The molecule has 90 valence electrons. The Labute approximate surface area is 94.2 Å². The second-order valence-corrected chi connectivity index (χ2v) is 4.75. The summed E-state index contributed by atoms with van der Waals surface area (Å²) in [4.78, 5) is 2.52. The molecule has 1 unspecified atom stereocenters. The highest BCUT2D eigenvalue weighted by Gasteiger charge is 2.23. The maximum Gasteiger partial charge on any atom is 0.0678 e. The third-order valence-electron chi connectivity index (χ3n) is 3.02. The number of hydrogen-bond acceptors (Lipinski definition) is 3. The summed E-state index contributed by atoms with van der Waals surface area (Å²) in [5.41, 5.74) is 0. The molecule has 0 aliphatic carbocycles. The van der Waals surface area contributed by atoms with Crippen LogP contribution in [0.4, 0.5) is 0 Å². The summed E-state index contributed by atoms with van der Waals surface area (Å²) in [5, 5.41) is 3.40. The molecule has 0 bridgehead atoms. The Kier molecular flexibility index (Phi) is 5.58. The standard InChI is InChI=1S/C12H26N2O/c1-5-6-12(13-4)9-14-7-10(2)15-11(3)8-14/h10-13H,5-9H2,1-4H3/t10-,11+,12?. The molecule has 0 saturated carbocycles. The molecule has 3 heteroatoms. The summed E-state index contributed by atoms with van der Waals surface area (Å²) < 4.78 is 5.73. The van der Waals surface area contributed by atoms with Gasteiger partial charge in [0.15, 0.2) is 0 Å². The van der Waals surface area contributed by atoms with Gasteiger partial charge >= 0.3 is 0 Å².